The number of rotatable bonds is 3. The first-order valence-corrected chi connectivity index (χ1v) is 8.01. The molecular weight excluding hydrogens is 350 g/mol. The van der Waals surface area contributed by atoms with E-state index in [9.17, 15) is 13.9 Å². The van der Waals surface area contributed by atoms with Crippen molar-refractivity contribution in [2.24, 2.45) is 0 Å². The SMILES string of the molecule is Oc1cnccc1-c1nc(-c2ccc(F)cc2)nc(-c2ccc(F)cc2)n1. The first kappa shape index (κ1) is 16.7. The molecule has 0 atom stereocenters. The molecule has 0 spiro atoms. The number of benzene rings is 2. The van der Waals surface area contributed by atoms with Crippen molar-refractivity contribution in [2.45, 2.75) is 0 Å². The molecule has 0 radical (unpaired) electrons. The minimum absolute atomic E-state index is 0.0844. The third-order valence-corrected chi connectivity index (χ3v) is 3.88. The van der Waals surface area contributed by atoms with Crippen LogP contribution in [0, 0.1) is 11.6 Å². The smallest absolute Gasteiger partial charge is 0.167 e. The van der Waals surface area contributed by atoms with Crippen molar-refractivity contribution in [3.8, 4) is 39.9 Å². The molecule has 0 aliphatic rings. The van der Waals surface area contributed by atoms with Gasteiger partial charge in [0.1, 0.15) is 17.4 Å². The Kier molecular flexibility index (Phi) is 4.25. The molecule has 0 aliphatic heterocycles. The van der Waals surface area contributed by atoms with E-state index < -0.39 is 0 Å². The van der Waals surface area contributed by atoms with E-state index in [0.29, 0.717) is 28.3 Å². The molecule has 1 N–H and O–H groups in total. The lowest BCUT2D eigenvalue weighted by atomic mass is 10.1. The van der Waals surface area contributed by atoms with Gasteiger partial charge in [0, 0.05) is 17.3 Å². The maximum Gasteiger partial charge on any atom is 0.167 e. The van der Waals surface area contributed by atoms with Crippen LogP contribution in [0.15, 0.2) is 67.0 Å². The molecule has 5 nitrogen and oxygen atoms in total. The van der Waals surface area contributed by atoms with Crippen molar-refractivity contribution >= 4 is 0 Å². The Labute approximate surface area is 153 Å². The van der Waals surface area contributed by atoms with E-state index in [4.69, 9.17) is 0 Å². The fraction of sp³-hybridized carbons (Fsp3) is 0. The van der Waals surface area contributed by atoms with Crippen molar-refractivity contribution in [3.63, 3.8) is 0 Å². The third kappa shape index (κ3) is 3.48. The lowest BCUT2D eigenvalue weighted by Crippen LogP contribution is -2.00. The van der Waals surface area contributed by atoms with Crippen molar-refractivity contribution in [2.75, 3.05) is 0 Å². The Balaban J connectivity index is 1.92. The second kappa shape index (κ2) is 6.87. The van der Waals surface area contributed by atoms with E-state index in [1.807, 2.05) is 0 Å². The van der Waals surface area contributed by atoms with E-state index in [0.717, 1.165) is 0 Å². The Hall–Kier alpha value is -3.74. The largest absolute Gasteiger partial charge is 0.506 e. The van der Waals surface area contributed by atoms with Crippen LogP contribution in [0.5, 0.6) is 5.75 Å². The maximum absolute atomic E-state index is 13.3. The van der Waals surface area contributed by atoms with E-state index >= 15 is 0 Å². The van der Waals surface area contributed by atoms with Gasteiger partial charge in [0.2, 0.25) is 0 Å². The molecule has 2 aromatic carbocycles. The van der Waals surface area contributed by atoms with Gasteiger partial charge >= 0.3 is 0 Å². The highest BCUT2D eigenvalue weighted by molar-refractivity contribution is 5.69. The quantitative estimate of drug-likeness (QED) is 0.590. The molecule has 0 saturated carbocycles. The topological polar surface area (TPSA) is 71.8 Å². The molecule has 4 aromatic rings. The Morgan fingerprint density at radius 1 is 0.630 bits per heavy atom. The third-order valence-electron chi connectivity index (χ3n) is 3.88. The maximum atomic E-state index is 13.3. The molecule has 27 heavy (non-hydrogen) atoms. The van der Waals surface area contributed by atoms with Crippen LogP contribution in [0.1, 0.15) is 0 Å². The standard InChI is InChI=1S/C20H12F2N4O/c21-14-5-1-12(2-6-14)18-24-19(13-3-7-15(22)8-4-13)26-20(25-18)16-9-10-23-11-17(16)27/h1-11,27H. The van der Waals surface area contributed by atoms with Crippen LogP contribution in [0.2, 0.25) is 0 Å². The summed E-state index contributed by atoms with van der Waals surface area (Å²) >= 11 is 0. The predicted molar refractivity (Wildman–Crippen MR) is 95.5 cm³/mol. The molecule has 0 unspecified atom stereocenters. The van der Waals surface area contributed by atoms with Gasteiger partial charge in [-0.3, -0.25) is 4.98 Å². The van der Waals surface area contributed by atoms with E-state index in [1.54, 1.807) is 30.3 Å². The average Bonchev–Trinajstić information content (AvgIpc) is 2.69. The first-order valence-electron chi connectivity index (χ1n) is 8.01. The van der Waals surface area contributed by atoms with Gasteiger partial charge in [0.15, 0.2) is 17.5 Å². The molecule has 0 bridgehead atoms. The molecule has 2 aromatic heterocycles. The van der Waals surface area contributed by atoms with Crippen LogP contribution in [0.3, 0.4) is 0 Å². The first-order chi connectivity index (χ1) is 13.1. The van der Waals surface area contributed by atoms with Crippen molar-refractivity contribution in [1.29, 1.82) is 0 Å². The zero-order chi connectivity index (χ0) is 18.8. The van der Waals surface area contributed by atoms with Crippen LogP contribution in [-0.4, -0.2) is 25.0 Å². The molecule has 0 amide bonds. The lowest BCUT2D eigenvalue weighted by Gasteiger charge is -2.09. The van der Waals surface area contributed by atoms with Gasteiger partial charge in [-0.1, -0.05) is 0 Å². The molecule has 0 fully saturated rings. The second-order valence-electron chi connectivity index (χ2n) is 5.71. The van der Waals surface area contributed by atoms with Crippen LogP contribution < -0.4 is 0 Å². The average molecular weight is 362 g/mol. The predicted octanol–water partition coefficient (Wildman–Crippen LogP) is 4.25. The highest BCUT2D eigenvalue weighted by Crippen LogP contribution is 2.29. The number of hydrogen-bond donors (Lipinski definition) is 1. The highest BCUT2D eigenvalue weighted by Gasteiger charge is 2.14. The summed E-state index contributed by atoms with van der Waals surface area (Å²) in [5, 5.41) is 10.1. The summed E-state index contributed by atoms with van der Waals surface area (Å²) in [5.74, 6) is -0.00873. The molecule has 2 heterocycles. The van der Waals surface area contributed by atoms with Crippen LogP contribution >= 0.6 is 0 Å². The summed E-state index contributed by atoms with van der Waals surface area (Å²) in [4.78, 5) is 17.1. The fourth-order valence-electron chi connectivity index (χ4n) is 2.53. The Morgan fingerprint density at radius 3 is 1.59 bits per heavy atom. The molecule has 4 rings (SSSR count). The van der Waals surface area contributed by atoms with Gasteiger partial charge in [-0.15, -0.1) is 0 Å². The van der Waals surface area contributed by atoms with Gasteiger partial charge in [0.05, 0.1) is 11.8 Å². The summed E-state index contributed by atoms with van der Waals surface area (Å²) < 4.78 is 26.5. The molecule has 7 heteroatoms. The lowest BCUT2D eigenvalue weighted by molar-refractivity contribution is 0.474. The van der Waals surface area contributed by atoms with Crippen molar-refractivity contribution in [3.05, 3.63) is 78.6 Å². The van der Waals surface area contributed by atoms with Gasteiger partial charge in [-0.2, -0.15) is 0 Å². The van der Waals surface area contributed by atoms with E-state index in [-0.39, 0.29) is 23.2 Å². The fourth-order valence-corrected chi connectivity index (χ4v) is 2.53. The summed E-state index contributed by atoms with van der Waals surface area (Å²) in [7, 11) is 0. The van der Waals surface area contributed by atoms with Gasteiger partial charge in [-0.05, 0) is 54.6 Å². The summed E-state index contributed by atoms with van der Waals surface area (Å²) in [6.45, 7) is 0. The van der Waals surface area contributed by atoms with Crippen molar-refractivity contribution in [1.82, 2.24) is 19.9 Å². The number of aromatic nitrogens is 4. The number of pyridine rings is 1. The normalized spacial score (nSPS) is 10.7. The monoisotopic (exact) mass is 362 g/mol. The molecular formula is C20H12F2N4O. The van der Waals surface area contributed by atoms with Gasteiger partial charge < -0.3 is 5.11 Å². The van der Waals surface area contributed by atoms with E-state index in [1.165, 1.54) is 36.7 Å². The van der Waals surface area contributed by atoms with E-state index in [2.05, 4.69) is 19.9 Å². The van der Waals surface area contributed by atoms with Crippen LogP contribution in [0.4, 0.5) is 8.78 Å². The highest BCUT2D eigenvalue weighted by atomic mass is 19.1. The number of halogens is 2. The number of hydrogen-bond acceptors (Lipinski definition) is 5. The minimum atomic E-state index is -0.376. The minimum Gasteiger partial charge on any atom is -0.506 e. The summed E-state index contributed by atoms with van der Waals surface area (Å²) in [6.07, 6.45) is 2.79. The Morgan fingerprint density at radius 2 is 1.11 bits per heavy atom. The molecule has 132 valence electrons. The zero-order valence-corrected chi connectivity index (χ0v) is 13.8. The van der Waals surface area contributed by atoms with Gasteiger partial charge in [-0.25, -0.2) is 23.7 Å². The summed E-state index contributed by atoms with van der Waals surface area (Å²) in [5.41, 5.74) is 1.54. The molecule has 0 aliphatic carbocycles. The second-order valence-corrected chi connectivity index (χ2v) is 5.71. The van der Waals surface area contributed by atoms with Crippen LogP contribution in [-0.2, 0) is 0 Å². The molecule has 0 saturated heterocycles. The van der Waals surface area contributed by atoms with Crippen molar-refractivity contribution < 1.29 is 13.9 Å². The van der Waals surface area contributed by atoms with Gasteiger partial charge in [0.25, 0.3) is 0 Å². The number of nitrogens with zero attached hydrogens (tertiary/aromatic N) is 4. The Bertz CT molecular complexity index is 1040. The number of aromatic hydroxyl groups is 1. The van der Waals surface area contributed by atoms with Crippen LogP contribution in [0.25, 0.3) is 34.2 Å². The summed E-state index contributed by atoms with van der Waals surface area (Å²) in [6, 6.07) is 13.0. The zero-order valence-electron chi connectivity index (χ0n) is 13.8.